The number of nitrogens with one attached hydrogen (secondary N) is 1. The van der Waals surface area contributed by atoms with Crippen molar-refractivity contribution in [1.82, 2.24) is 5.32 Å². The van der Waals surface area contributed by atoms with Gasteiger partial charge in [-0.15, -0.1) is 0 Å². The number of ether oxygens (including phenoxy) is 2. The molecule has 1 saturated heterocycles. The van der Waals surface area contributed by atoms with E-state index in [2.05, 4.69) is 12.2 Å². The molecule has 1 aromatic carbocycles. The zero-order valence-electron chi connectivity index (χ0n) is 9.99. The maximum atomic E-state index is 5.99. The minimum Gasteiger partial charge on any atom is -0.491 e. The Hall–Kier alpha value is -0.770. The Labute approximate surface area is 107 Å². The lowest BCUT2D eigenvalue weighted by atomic mass is 10.1. The van der Waals surface area contributed by atoms with Gasteiger partial charge in [0.15, 0.2) is 0 Å². The first-order chi connectivity index (χ1) is 8.27. The molecule has 0 spiro atoms. The van der Waals surface area contributed by atoms with Crippen LogP contribution in [-0.4, -0.2) is 31.9 Å². The summed E-state index contributed by atoms with van der Waals surface area (Å²) in [7, 11) is 0. The highest BCUT2D eigenvalue weighted by Gasteiger charge is 2.22. The molecule has 0 unspecified atom stereocenters. The molecule has 94 valence electrons. The molecule has 1 aliphatic rings. The van der Waals surface area contributed by atoms with E-state index in [1.54, 1.807) is 0 Å². The molecule has 1 aliphatic heterocycles. The van der Waals surface area contributed by atoms with Crippen LogP contribution in [0.5, 0.6) is 5.75 Å². The van der Waals surface area contributed by atoms with Crippen LogP contribution in [-0.2, 0) is 4.74 Å². The fraction of sp³-hybridized carbons (Fsp3) is 0.538. The fourth-order valence-electron chi connectivity index (χ4n) is 1.97. The van der Waals surface area contributed by atoms with Gasteiger partial charge in [0, 0.05) is 19.2 Å². The van der Waals surface area contributed by atoms with Gasteiger partial charge in [-0.2, -0.15) is 0 Å². The molecular weight excluding hydrogens is 238 g/mol. The quantitative estimate of drug-likeness (QED) is 0.820. The van der Waals surface area contributed by atoms with E-state index in [0.29, 0.717) is 23.8 Å². The Morgan fingerprint density at radius 2 is 2.29 bits per heavy atom. The van der Waals surface area contributed by atoms with Crippen molar-refractivity contribution in [3.63, 3.8) is 0 Å². The molecule has 17 heavy (non-hydrogen) atoms. The van der Waals surface area contributed by atoms with Crippen LogP contribution in [0.2, 0.25) is 5.02 Å². The molecule has 1 fully saturated rings. The molecule has 0 radical (unpaired) electrons. The first kappa shape index (κ1) is 12.7. The van der Waals surface area contributed by atoms with Gasteiger partial charge in [-0.05, 0) is 25.5 Å². The summed E-state index contributed by atoms with van der Waals surface area (Å²) >= 11 is 5.99. The van der Waals surface area contributed by atoms with Gasteiger partial charge in [-0.25, -0.2) is 0 Å². The number of rotatable bonds is 5. The second kappa shape index (κ2) is 6.24. The predicted molar refractivity (Wildman–Crippen MR) is 68.8 cm³/mol. The lowest BCUT2D eigenvalue weighted by Crippen LogP contribution is -2.37. The first-order valence-corrected chi connectivity index (χ1v) is 6.37. The van der Waals surface area contributed by atoms with Crippen LogP contribution in [0.15, 0.2) is 24.3 Å². The van der Waals surface area contributed by atoms with E-state index in [1.807, 2.05) is 24.3 Å². The summed E-state index contributed by atoms with van der Waals surface area (Å²) in [6.07, 6.45) is 1.38. The van der Waals surface area contributed by atoms with Gasteiger partial charge in [0.2, 0.25) is 0 Å². The van der Waals surface area contributed by atoms with Crippen LogP contribution in [0.1, 0.15) is 13.3 Å². The molecule has 0 aromatic heterocycles. The van der Waals surface area contributed by atoms with Gasteiger partial charge in [-0.1, -0.05) is 23.7 Å². The topological polar surface area (TPSA) is 30.5 Å². The van der Waals surface area contributed by atoms with Crippen molar-refractivity contribution in [2.45, 2.75) is 25.5 Å². The van der Waals surface area contributed by atoms with Crippen LogP contribution in [0, 0.1) is 0 Å². The average molecular weight is 256 g/mol. The Kier molecular flexibility index (Phi) is 4.66. The minimum atomic E-state index is 0.301. The summed E-state index contributed by atoms with van der Waals surface area (Å²) in [4.78, 5) is 0. The average Bonchev–Trinajstić information content (AvgIpc) is 2.73. The summed E-state index contributed by atoms with van der Waals surface area (Å²) in [5.41, 5.74) is 0. The van der Waals surface area contributed by atoms with Crippen LogP contribution >= 0.6 is 11.6 Å². The number of halogens is 1. The molecule has 1 N–H and O–H groups in total. The number of hydrogen-bond acceptors (Lipinski definition) is 3. The highest BCUT2D eigenvalue weighted by Crippen LogP contribution is 2.22. The summed E-state index contributed by atoms with van der Waals surface area (Å²) in [5.74, 6) is 0.742. The van der Waals surface area contributed by atoms with Crippen molar-refractivity contribution >= 4 is 11.6 Å². The second-order valence-corrected chi connectivity index (χ2v) is 4.61. The summed E-state index contributed by atoms with van der Waals surface area (Å²) in [6, 6.07) is 7.97. The molecule has 0 bridgehead atoms. The molecule has 1 aromatic rings. The van der Waals surface area contributed by atoms with E-state index < -0.39 is 0 Å². The Morgan fingerprint density at radius 3 is 3.00 bits per heavy atom. The van der Waals surface area contributed by atoms with Crippen molar-refractivity contribution in [3.05, 3.63) is 29.3 Å². The SMILES string of the molecule is C[C@@H]1OCC[C@H]1NCCOc1ccccc1Cl. The molecule has 2 atom stereocenters. The first-order valence-electron chi connectivity index (χ1n) is 5.99. The molecule has 4 heteroatoms. The fourth-order valence-corrected chi connectivity index (χ4v) is 2.16. The normalized spacial score (nSPS) is 23.9. The summed E-state index contributed by atoms with van der Waals surface area (Å²) < 4.78 is 11.1. The molecule has 0 amide bonds. The number of benzene rings is 1. The van der Waals surface area contributed by atoms with Gasteiger partial charge < -0.3 is 14.8 Å². The molecule has 0 saturated carbocycles. The summed E-state index contributed by atoms with van der Waals surface area (Å²) in [6.45, 7) is 4.38. The van der Waals surface area contributed by atoms with E-state index in [1.165, 1.54) is 0 Å². The van der Waals surface area contributed by atoms with Gasteiger partial charge >= 0.3 is 0 Å². The van der Waals surface area contributed by atoms with Crippen molar-refractivity contribution in [2.75, 3.05) is 19.8 Å². The van der Waals surface area contributed by atoms with Crippen molar-refractivity contribution < 1.29 is 9.47 Å². The predicted octanol–water partition coefficient (Wildman–Crippen LogP) is 2.49. The number of para-hydroxylation sites is 1. The van der Waals surface area contributed by atoms with Crippen LogP contribution in [0.25, 0.3) is 0 Å². The minimum absolute atomic E-state index is 0.301. The third-order valence-corrected chi connectivity index (χ3v) is 3.29. The van der Waals surface area contributed by atoms with Crippen LogP contribution in [0.4, 0.5) is 0 Å². The maximum absolute atomic E-state index is 5.99. The third kappa shape index (κ3) is 3.60. The number of hydrogen-bond donors (Lipinski definition) is 1. The highest BCUT2D eigenvalue weighted by molar-refractivity contribution is 6.32. The molecule has 0 aliphatic carbocycles. The molecular formula is C13H18ClNO2. The molecule has 1 heterocycles. The van der Waals surface area contributed by atoms with E-state index >= 15 is 0 Å². The van der Waals surface area contributed by atoms with Crippen LogP contribution in [0.3, 0.4) is 0 Å². The second-order valence-electron chi connectivity index (χ2n) is 4.20. The highest BCUT2D eigenvalue weighted by atomic mass is 35.5. The lowest BCUT2D eigenvalue weighted by Gasteiger charge is -2.16. The van der Waals surface area contributed by atoms with Crippen molar-refractivity contribution in [2.24, 2.45) is 0 Å². The van der Waals surface area contributed by atoms with E-state index in [4.69, 9.17) is 21.1 Å². The molecule has 3 nitrogen and oxygen atoms in total. The zero-order valence-corrected chi connectivity index (χ0v) is 10.7. The van der Waals surface area contributed by atoms with Gasteiger partial charge in [0.05, 0.1) is 11.1 Å². The van der Waals surface area contributed by atoms with E-state index in [-0.39, 0.29) is 0 Å². The Bertz CT molecular complexity index is 359. The Balaban J connectivity index is 1.68. The third-order valence-electron chi connectivity index (χ3n) is 2.98. The van der Waals surface area contributed by atoms with Gasteiger partial charge in [0.25, 0.3) is 0 Å². The van der Waals surface area contributed by atoms with Crippen molar-refractivity contribution in [3.8, 4) is 5.75 Å². The largest absolute Gasteiger partial charge is 0.491 e. The smallest absolute Gasteiger partial charge is 0.137 e. The van der Waals surface area contributed by atoms with E-state index in [0.717, 1.165) is 25.3 Å². The van der Waals surface area contributed by atoms with Gasteiger partial charge in [-0.3, -0.25) is 0 Å². The van der Waals surface area contributed by atoms with Crippen LogP contribution < -0.4 is 10.1 Å². The van der Waals surface area contributed by atoms with E-state index in [9.17, 15) is 0 Å². The maximum Gasteiger partial charge on any atom is 0.137 e. The molecule has 2 rings (SSSR count). The lowest BCUT2D eigenvalue weighted by molar-refractivity contribution is 0.112. The monoisotopic (exact) mass is 255 g/mol. The Morgan fingerprint density at radius 1 is 1.47 bits per heavy atom. The van der Waals surface area contributed by atoms with Crippen molar-refractivity contribution in [1.29, 1.82) is 0 Å². The summed E-state index contributed by atoms with van der Waals surface area (Å²) in [5, 5.41) is 4.09. The zero-order chi connectivity index (χ0) is 12.1. The standard InChI is InChI=1S/C13H18ClNO2/c1-10-12(6-8-16-10)15-7-9-17-13-5-3-2-4-11(13)14/h2-5,10,12,15H,6-9H2,1H3/t10-,12+/m0/s1. The van der Waals surface area contributed by atoms with Gasteiger partial charge in [0.1, 0.15) is 12.4 Å².